The summed E-state index contributed by atoms with van der Waals surface area (Å²) in [5.41, 5.74) is 0.713. The molecule has 0 bridgehead atoms. The van der Waals surface area contributed by atoms with Crippen molar-refractivity contribution in [2.45, 2.75) is 58.6 Å². The van der Waals surface area contributed by atoms with Crippen LogP contribution in [0.25, 0.3) is 0 Å². The van der Waals surface area contributed by atoms with Crippen LogP contribution in [0.1, 0.15) is 47.0 Å². The Morgan fingerprint density at radius 1 is 1.35 bits per heavy atom. The summed E-state index contributed by atoms with van der Waals surface area (Å²) in [7, 11) is 0. The number of rotatable bonds is 4. The van der Waals surface area contributed by atoms with Gasteiger partial charge < -0.3 is 15.0 Å². The van der Waals surface area contributed by atoms with Crippen molar-refractivity contribution in [2.24, 2.45) is 5.92 Å². The van der Waals surface area contributed by atoms with Gasteiger partial charge in [0.2, 0.25) is 0 Å². The normalized spacial score (nSPS) is 20.0. The fourth-order valence-corrected chi connectivity index (χ4v) is 3.13. The zero-order chi connectivity index (χ0) is 16.9. The lowest BCUT2D eigenvalue weighted by Crippen LogP contribution is -2.47. The second-order valence-electron chi connectivity index (χ2n) is 7.35. The fourth-order valence-electron chi connectivity index (χ4n) is 3.13. The van der Waals surface area contributed by atoms with E-state index in [4.69, 9.17) is 4.74 Å². The maximum Gasteiger partial charge on any atom is 0.410 e. The third-order valence-corrected chi connectivity index (χ3v) is 4.24. The Morgan fingerprint density at radius 2 is 2.04 bits per heavy atom. The highest BCUT2D eigenvalue weighted by molar-refractivity contribution is 5.68. The zero-order valence-corrected chi connectivity index (χ0v) is 14.8. The molecule has 1 aliphatic rings. The number of nitrogens with one attached hydrogen (secondary N) is 1. The standard InChI is InChI=1S/C19H30N2O2/c1-5-17(20-16-11-7-6-8-12-16)15-10-9-13-21(14-15)18(22)23-19(2,3)4/h6-8,11-12,15,17,20H,5,9-10,13-14H2,1-4H3/t15-,17-/m1/s1. The van der Waals surface area contributed by atoms with Gasteiger partial charge >= 0.3 is 6.09 Å². The minimum Gasteiger partial charge on any atom is -0.444 e. The number of amides is 1. The average Bonchev–Trinajstić information content (AvgIpc) is 2.52. The zero-order valence-electron chi connectivity index (χ0n) is 14.8. The Bertz CT molecular complexity index is 496. The van der Waals surface area contributed by atoms with Crippen LogP contribution in [-0.2, 0) is 4.74 Å². The van der Waals surface area contributed by atoms with E-state index in [9.17, 15) is 4.79 Å². The molecule has 128 valence electrons. The lowest BCUT2D eigenvalue weighted by molar-refractivity contribution is 0.0156. The maximum atomic E-state index is 12.3. The van der Waals surface area contributed by atoms with E-state index in [0.29, 0.717) is 12.0 Å². The third-order valence-electron chi connectivity index (χ3n) is 4.24. The predicted molar refractivity (Wildman–Crippen MR) is 94.7 cm³/mol. The van der Waals surface area contributed by atoms with E-state index < -0.39 is 5.60 Å². The first kappa shape index (κ1) is 17.6. The van der Waals surface area contributed by atoms with Crippen LogP contribution in [0.3, 0.4) is 0 Å². The monoisotopic (exact) mass is 318 g/mol. The first-order chi connectivity index (χ1) is 10.9. The van der Waals surface area contributed by atoms with E-state index in [0.717, 1.165) is 38.0 Å². The molecule has 0 unspecified atom stereocenters. The summed E-state index contributed by atoms with van der Waals surface area (Å²) < 4.78 is 5.52. The van der Waals surface area contributed by atoms with Crippen molar-refractivity contribution in [2.75, 3.05) is 18.4 Å². The number of benzene rings is 1. The number of ether oxygens (including phenoxy) is 1. The van der Waals surface area contributed by atoms with Crippen LogP contribution >= 0.6 is 0 Å². The molecule has 1 aromatic carbocycles. The largest absolute Gasteiger partial charge is 0.444 e. The van der Waals surface area contributed by atoms with Crippen LogP contribution in [0, 0.1) is 5.92 Å². The predicted octanol–water partition coefficient (Wildman–Crippen LogP) is 4.52. The van der Waals surface area contributed by atoms with Crippen molar-refractivity contribution < 1.29 is 9.53 Å². The molecule has 1 aliphatic heterocycles. The summed E-state index contributed by atoms with van der Waals surface area (Å²) in [6, 6.07) is 10.7. The molecular formula is C19H30N2O2. The second kappa shape index (κ2) is 7.71. The number of likely N-dealkylation sites (tertiary alicyclic amines) is 1. The Morgan fingerprint density at radius 3 is 2.65 bits per heavy atom. The summed E-state index contributed by atoms with van der Waals surface area (Å²) >= 11 is 0. The van der Waals surface area contributed by atoms with Crippen molar-refractivity contribution in [1.82, 2.24) is 4.90 Å². The molecule has 0 radical (unpaired) electrons. The van der Waals surface area contributed by atoms with E-state index in [-0.39, 0.29) is 6.09 Å². The van der Waals surface area contributed by atoms with Gasteiger partial charge in [0.25, 0.3) is 0 Å². The maximum absolute atomic E-state index is 12.3. The van der Waals surface area contributed by atoms with E-state index in [1.165, 1.54) is 0 Å². The lowest BCUT2D eigenvalue weighted by atomic mass is 9.89. The number of carbonyl (C=O) groups is 1. The smallest absolute Gasteiger partial charge is 0.410 e. The minimum atomic E-state index is -0.434. The molecule has 4 nitrogen and oxygen atoms in total. The molecule has 4 heteroatoms. The quantitative estimate of drug-likeness (QED) is 0.887. The van der Waals surface area contributed by atoms with Crippen molar-refractivity contribution >= 4 is 11.8 Å². The summed E-state index contributed by atoms with van der Waals surface area (Å²) in [6.45, 7) is 9.52. The Kier molecular flexibility index (Phi) is 5.91. The molecule has 1 heterocycles. The van der Waals surface area contributed by atoms with Gasteiger partial charge in [-0.15, -0.1) is 0 Å². The highest BCUT2D eigenvalue weighted by Gasteiger charge is 2.31. The molecule has 1 N–H and O–H groups in total. The van der Waals surface area contributed by atoms with Crippen LogP contribution in [0.15, 0.2) is 30.3 Å². The van der Waals surface area contributed by atoms with E-state index in [1.54, 1.807) is 0 Å². The number of anilines is 1. The number of hydrogen-bond donors (Lipinski definition) is 1. The summed E-state index contributed by atoms with van der Waals surface area (Å²) in [5.74, 6) is 0.460. The van der Waals surface area contributed by atoms with Gasteiger partial charge in [-0.05, 0) is 58.1 Å². The van der Waals surface area contributed by atoms with Crippen LogP contribution < -0.4 is 5.32 Å². The number of nitrogens with zero attached hydrogens (tertiary/aromatic N) is 1. The highest BCUT2D eigenvalue weighted by Crippen LogP contribution is 2.25. The van der Waals surface area contributed by atoms with Gasteiger partial charge in [0.15, 0.2) is 0 Å². The van der Waals surface area contributed by atoms with Crippen LogP contribution in [0.2, 0.25) is 0 Å². The Hall–Kier alpha value is -1.71. The number of para-hydroxylation sites is 1. The van der Waals surface area contributed by atoms with Gasteiger partial charge in [-0.3, -0.25) is 0 Å². The molecule has 1 aromatic rings. The van der Waals surface area contributed by atoms with Gasteiger partial charge in [-0.25, -0.2) is 4.79 Å². The van der Waals surface area contributed by atoms with Crippen LogP contribution in [0.4, 0.5) is 10.5 Å². The van der Waals surface area contributed by atoms with Gasteiger partial charge in [0, 0.05) is 24.8 Å². The summed E-state index contributed by atoms with van der Waals surface area (Å²) in [6.07, 6.45) is 3.05. The highest BCUT2D eigenvalue weighted by atomic mass is 16.6. The molecule has 0 spiro atoms. The molecular weight excluding hydrogens is 288 g/mol. The van der Waals surface area contributed by atoms with Gasteiger partial charge in [-0.1, -0.05) is 25.1 Å². The Balaban J connectivity index is 1.97. The van der Waals surface area contributed by atoms with Crippen molar-refractivity contribution in [3.05, 3.63) is 30.3 Å². The first-order valence-corrected chi connectivity index (χ1v) is 8.68. The molecule has 0 aliphatic carbocycles. The molecule has 2 rings (SSSR count). The number of piperidine rings is 1. The van der Waals surface area contributed by atoms with E-state index >= 15 is 0 Å². The molecule has 1 fully saturated rings. The lowest BCUT2D eigenvalue weighted by Gasteiger charge is -2.38. The third kappa shape index (κ3) is 5.45. The van der Waals surface area contributed by atoms with Crippen LogP contribution in [-0.4, -0.2) is 35.7 Å². The van der Waals surface area contributed by atoms with E-state index in [2.05, 4.69) is 24.4 Å². The number of hydrogen-bond acceptors (Lipinski definition) is 3. The summed E-state index contributed by atoms with van der Waals surface area (Å²) in [4.78, 5) is 14.2. The fraction of sp³-hybridized carbons (Fsp3) is 0.632. The average molecular weight is 318 g/mol. The van der Waals surface area contributed by atoms with Crippen LogP contribution in [0.5, 0.6) is 0 Å². The minimum absolute atomic E-state index is 0.184. The first-order valence-electron chi connectivity index (χ1n) is 8.68. The van der Waals surface area contributed by atoms with Gasteiger partial charge in [-0.2, -0.15) is 0 Å². The van der Waals surface area contributed by atoms with Gasteiger partial charge in [0.05, 0.1) is 0 Å². The Labute approximate surface area is 140 Å². The number of carbonyl (C=O) groups excluding carboxylic acids is 1. The molecule has 0 aromatic heterocycles. The van der Waals surface area contributed by atoms with Crippen molar-refractivity contribution in [1.29, 1.82) is 0 Å². The van der Waals surface area contributed by atoms with Crippen molar-refractivity contribution in [3.8, 4) is 0 Å². The molecule has 1 amide bonds. The topological polar surface area (TPSA) is 41.6 Å². The SMILES string of the molecule is CC[C@@H](Nc1ccccc1)[C@@H]1CCCN(C(=O)OC(C)(C)C)C1. The molecule has 2 atom stereocenters. The van der Waals surface area contributed by atoms with Crippen molar-refractivity contribution in [3.63, 3.8) is 0 Å². The summed E-state index contributed by atoms with van der Waals surface area (Å²) in [5, 5.41) is 3.63. The van der Waals surface area contributed by atoms with E-state index in [1.807, 2.05) is 43.9 Å². The second-order valence-corrected chi connectivity index (χ2v) is 7.35. The molecule has 0 saturated carbocycles. The molecule has 1 saturated heterocycles. The molecule has 23 heavy (non-hydrogen) atoms. The van der Waals surface area contributed by atoms with Gasteiger partial charge in [0.1, 0.15) is 5.60 Å².